The standard InChI is InChI=1S/C23H26ClN3O3S/c1-17-19(24)8-9-20-22(17)25-23(31-20)27(11-5-10-26-12-14-29-15-13-26)21(28)16-30-18-6-3-2-4-7-18/h2-4,6-9H,5,10-16H2,1H3. The van der Waals surface area contributed by atoms with E-state index < -0.39 is 0 Å². The van der Waals surface area contributed by atoms with Gasteiger partial charge < -0.3 is 9.47 Å². The predicted molar refractivity (Wildman–Crippen MR) is 126 cm³/mol. The van der Waals surface area contributed by atoms with Crippen LogP contribution in [-0.2, 0) is 9.53 Å². The van der Waals surface area contributed by atoms with E-state index in [-0.39, 0.29) is 12.5 Å². The summed E-state index contributed by atoms with van der Waals surface area (Å²) in [6, 6.07) is 13.2. The lowest BCUT2D eigenvalue weighted by atomic mass is 10.2. The van der Waals surface area contributed by atoms with Gasteiger partial charge in [0, 0.05) is 31.2 Å². The second-order valence-electron chi connectivity index (χ2n) is 7.47. The monoisotopic (exact) mass is 459 g/mol. The summed E-state index contributed by atoms with van der Waals surface area (Å²) < 4.78 is 12.2. The number of aromatic nitrogens is 1. The van der Waals surface area contributed by atoms with Gasteiger partial charge >= 0.3 is 0 Å². The summed E-state index contributed by atoms with van der Waals surface area (Å²) in [5.41, 5.74) is 1.78. The lowest BCUT2D eigenvalue weighted by Crippen LogP contribution is -2.40. The van der Waals surface area contributed by atoms with Crippen LogP contribution in [0, 0.1) is 6.92 Å². The van der Waals surface area contributed by atoms with Gasteiger partial charge in [0.15, 0.2) is 11.7 Å². The van der Waals surface area contributed by atoms with Gasteiger partial charge in [0.1, 0.15) is 5.75 Å². The third-order valence-corrected chi connectivity index (χ3v) is 6.79. The molecule has 0 spiro atoms. The Morgan fingerprint density at radius 3 is 2.77 bits per heavy atom. The van der Waals surface area contributed by atoms with Crippen molar-refractivity contribution < 1.29 is 14.3 Å². The van der Waals surface area contributed by atoms with Crippen LogP contribution < -0.4 is 9.64 Å². The average Bonchev–Trinajstić information content (AvgIpc) is 3.24. The molecule has 31 heavy (non-hydrogen) atoms. The lowest BCUT2D eigenvalue weighted by Gasteiger charge is -2.27. The van der Waals surface area contributed by atoms with Crippen molar-refractivity contribution in [1.82, 2.24) is 9.88 Å². The number of hydrogen-bond donors (Lipinski definition) is 0. The van der Waals surface area contributed by atoms with Gasteiger partial charge in [-0.15, -0.1) is 0 Å². The largest absolute Gasteiger partial charge is 0.484 e. The Morgan fingerprint density at radius 2 is 2.00 bits per heavy atom. The summed E-state index contributed by atoms with van der Waals surface area (Å²) in [6.45, 7) is 6.84. The molecule has 0 aliphatic carbocycles. The molecule has 8 heteroatoms. The first-order valence-corrected chi connectivity index (χ1v) is 11.7. The highest BCUT2D eigenvalue weighted by Crippen LogP contribution is 2.33. The van der Waals surface area contributed by atoms with E-state index in [1.807, 2.05) is 49.4 Å². The molecule has 0 unspecified atom stereocenters. The second kappa shape index (κ2) is 10.4. The van der Waals surface area contributed by atoms with Crippen molar-refractivity contribution in [2.75, 3.05) is 50.9 Å². The number of benzene rings is 2. The molecule has 1 aliphatic rings. The van der Waals surface area contributed by atoms with Crippen molar-refractivity contribution in [3.8, 4) is 5.75 Å². The fraction of sp³-hybridized carbons (Fsp3) is 0.391. The topological polar surface area (TPSA) is 54.9 Å². The quantitative estimate of drug-likeness (QED) is 0.500. The summed E-state index contributed by atoms with van der Waals surface area (Å²) in [5.74, 6) is 0.574. The van der Waals surface area contributed by atoms with Gasteiger partial charge in [-0.3, -0.25) is 14.6 Å². The number of ether oxygens (including phenoxy) is 2. The van der Waals surface area contributed by atoms with Gasteiger partial charge in [0.25, 0.3) is 5.91 Å². The number of nitrogens with zero attached hydrogens (tertiary/aromatic N) is 3. The van der Waals surface area contributed by atoms with Crippen LogP contribution in [0.1, 0.15) is 12.0 Å². The maximum absolute atomic E-state index is 13.1. The zero-order chi connectivity index (χ0) is 21.6. The van der Waals surface area contributed by atoms with E-state index in [0.717, 1.165) is 55.0 Å². The zero-order valence-electron chi connectivity index (χ0n) is 17.6. The van der Waals surface area contributed by atoms with Crippen LogP contribution in [0.15, 0.2) is 42.5 Å². The lowest BCUT2D eigenvalue weighted by molar-refractivity contribution is -0.120. The molecule has 1 aliphatic heterocycles. The smallest absolute Gasteiger partial charge is 0.266 e. The number of halogens is 1. The molecule has 1 amide bonds. The van der Waals surface area contributed by atoms with Gasteiger partial charge in [-0.1, -0.05) is 41.1 Å². The molecule has 0 radical (unpaired) electrons. The van der Waals surface area contributed by atoms with Gasteiger partial charge in [-0.2, -0.15) is 0 Å². The maximum Gasteiger partial charge on any atom is 0.266 e. The zero-order valence-corrected chi connectivity index (χ0v) is 19.1. The van der Waals surface area contributed by atoms with Crippen molar-refractivity contribution in [2.24, 2.45) is 0 Å². The van der Waals surface area contributed by atoms with E-state index in [1.165, 1.54) is 11.3 Å². The van der Waals surface area contributed by atoms with E-state index in [1.54, 1.807) is 4.90 Å². The van der Waals surface area contributed by atoms with Crippen LogP contribution in [0.5, 0.6) is 5.75 Å². The molecular formula is C23H26ClN3O3S. The molecule has 0 N–H and O–H groups in total. The Kier molecular flexibility index (Phi) is 7.40. The van der Waals surface area contributed by atoms with E-state index in [0.29, 0.717) is 22.4 Å². The highest BCUT2D eigenvalue weighted by Gasteiger charge is 2.22. The van der Waals surface area contributed by atoms with Gasteiger partial charge in [0.05, 0.1) is 23.4 Å². The number of morpholine rings is 1. The minimum Gasteiger partial charge on any atom is -0.484 e. The van der Waals surface area contributed by atoms with Crippen LogP contribution in [0.25, 0.3) is 10.2 Å². The van der Waals surface area contributed by atoms with Crippen molar-refractivity contribution in [3.63, 3.8) is 0 Å². The van der Waals surface area contributed by atoms with Crippen LogP contribution >= 0.6 is 22.9 Å². The summed E-state index contributed by atoms with van der Waals surface area (Å²) >= 11 is 7.79. The van der Waals surface area contributed by atoms with E-state index in [2.05, 4.69) is 4.90 Å². The normalized spacial score (nSPS) is 14.6. The number of rotatable bonds is 8. The van der Waals surface area contributed by atoms with Crippen molar-refractivity contribution in [1.29, 1.82) is 0 Å². The maximum atomic E-state index is 13.1. The second-order valence-corrected chi connectivity index (χ2v) is 8.89. The first-order valence-electron chi connectivity index (χ1n) is 10.5. The van der Waals surface area contributed by atoms with Crippen LogP contribution in [0.2, 0.25) is 5.02 Å². The molecule has 0 atom stereocenters. The third-order valence-electron chi connectivity index (χ3n) is 5.33. The number of carbonyl (C=O) groups excluding carboxylic acids is 1. The van der Waals surface area contributed by atoms with Crippen molar-refractivity contribution in [2.45, 2.75) is 13.3 Å². The fourth-order valence-corrected chi connectivity index (χ4v) is 4.77. The Morgan fingerprint density at radius 1 is 1.23 bits per heavy atom. The number of fused-ring (bicyclic) bond motifs is 1. The highest BCUT2D eigenvalue weighted by atomic mass is 35.5. The Balaban J connectivity index is 1.49. The molecule has 1 aromatic heterocycles. The van der Waals surface area contributed by atoms with Gasteiger partial charge in [-0.05, 0) is 43.2 Å². The first kappa shape index (κ1) is 22.0. The van der Waals surface area contributed by atoms with Gasteiger partial charge in [-0.25, -0.2) is 4.98 Å². The summed E-state index contributed by atoms with van der Waals surface area (Å²) in [6.07, 6.45) is 0.854. The molecule has 2 heterocycles. The van der Waals surface area contributed by atoms with E-state index >= 15 is 0 Å². The number of anilines is 1. The molecule has 0 bridgehead atoms. The summed E-state index contributed by atoms with van der Waals surface area (Å²) in [7, 11) is 0. The number of thiazole rings is 1. The minimum atomic E-state index is -0.103. The van der Waals surface area contributed by atoms with Crippen molar-refractivity contribution >= 4 is 44.2 Å². The SMILES string of the molecule is Cc1c(Cl)ccc2sc(N(CCCN3CCOCC3)C(=O)COc3ccccc3)nc12. The number of carbonyl (C=O) groups is 1. The molecular weight excluding hydrogens is 434 g/mol. The van der Waals surface area contributed by atoms with E-state index in [9.17, 15) is 4.79 Å². The Hall–Kier alpha value is -2.19. The fourth-order valence-electron chi connectivity index (χ4n) is 3.55. The third kappa shape index (κ3) is 5.54. The predicted octanol–water partition coefficient (Wildman–Crippen LogP) is 4.39. The highest BCUT2D eigenvalue weighted by molar-refractivity contribution is 7.22. The Bertz CT molecular complexity index is 1020. The number of aryl methyl sites for hydroxylation is 1. The summed E-state index contributed by atoms with van der Waals surface area (Å²) in [4.78, 5) is 22.0. The molecule has 2 aromatic carbocycles. The van der Waals surface area contributed by atoms with Crippen molar-refractivity contribution in [3.05, 3.63) is 53.1 Å². The molecule has 1 fully saturated rings. The number of para-hydroxylation sites is 1. The van der Waals surface area contributed by atoms with Crippen LogP contribution in [0.4, 0.5) is 5.13 Å². The summed E-state index contributed by atoms with van der Waals surface area (Å²) in [5, 5.41) is 1.37. The van der Waals surface area contributed by atoms with E-state index in [4.69, 9.17) is 26.1 Å². The minimum absolute atomic E-state index is 0.0305. The molecule has 6 nitrogen and oxygen atoms in total. The van der Waals surface area contributed by atoms with Crippen LogP contribution in [0.3, 0.4) is 0 Å². The molecule has 0 saturated carbocycles. The molecule has 3 aromatic rings. The average molecular weight is 460 g/mol. The first-order chi connectivity index (χ1) is 15.1. The van der Waals surface area contributed by atoms with Crippen LogP contribution in [-0.4, -0.2) is 61.8 Å². The van der Waals surface area contributed by atoms with Gasteiger partial charge in [0.2, 0.25) is 0 Å². The molecule has 164 valence electrons. The molecule has 4 rings (SSSR count). The Labute approximate surface area is 191 Å². The number of amides is 1. The number of hydrogen-bond acceptors (Lipinski definition) is 6. The molecule has 1 saturated heterocycles.